The number of rotatable bonds is 6. The van der Waals surface area contributed by atoms with Gasteiger partial charge in [-0.2, -0.15) is 0 Å². The van der Waals surface area contributed by atoms with Crippen molar-refractivity contribution in [1.29, 1.82) is 0 Å². The Hall–Kier alpha value is -1.17. The van der Waals surface area contributed by atoms with Crippen LogP contribution in [0.25, 0.3) is 0 Å². The molecule has 0 bridgehead atoms. The van der Waals surface area contributed by atoms with Gasteiger partial charge in [0.2, 0.25) is 0 Å². The summed E-state index contributed by atoms with van der Waals surface area (Å²) in [5, 5.41) is 3.51. The van der Waals surface area contributed by atoms with E-state index in [1.165, 1.54) is 0 Å². The lowest BCUT2D eigenvalue weighted by Gasteiger charge is -2.25. The van der Waals surface area contributed by atoms with E-state index in [4.69, 9.17) is 11.2 Å². The van der Waals surface area contributed by atoms with Gasteiger partial charge in [-0.1, -0.05) is 31.0 Å². The quantitative estimate of drug-likeness (QED) is 0.798. The van der Waals surface area contributed by atoms with Crippen molar-refractivity contribution in [3.63, 3.8) is 0 Å². The molecule has 0 aromatic heterocycles. The molecule has 0 aliphatic rings. The molecule has 0 fully saturated rings. The zero-order chi connectivity index (χ0) is 12.7. The standard InChI is InChI=1S/C15H21NO.ClH/c1-5-11-17-14-10-8-7-9-13(14)12-16-15(3,4)6-2;/h1,7-10,16H,6,11-12H2,2-4H3;1H. The molecular weight excluding hydrogens is 246 g/mol. The van der Waals surface area contributed by atoms with Crippen molar-refractivity contribution in [1.82, 2.24) is 5.32 Å². The molecule has 3 heteroatoms. The number of hydrogen-bond donors (Lipinski definition) is 1. The Kier molecular flexibility index (Phi) is 7.50. The second-order valence-electron chi connectivity index (χ2n) is 4.69. The van der Waals surface area contributed by atoms with Gasteiger partial charge in [0.15, 0.2) is 0 Å². The number of benzene rings is 1. The third kappa shape index (κ3) is 5.44. The molecule has 1 aromatic carbocycles. The summed E-state index contributed by atoms with van der Waals surface area (Å²) < 4.78 is 5.51. The van der Waals surface area contributed by atoms with Crippen LogP contribution in [0.4, 0.5) is 0 Å². The van der Waals surface area contributed by atoms with Crippen LogP contribution in [-0.4, -0.2) is 12.1 Å². The van der Waals surface area contributed by atoms with Gasteiger partial charge < -0.3 is 10.1 Å². The molecule has 2 nitrogen and oxygen atoms in total. The van der Waals surface area contributed by atoms with Gasteiger partial charge in [0, 0.05) is 17.6 Å². The lowest BCUT2D eigenvalue weighted by atomic mass is 10.0. The predicted octanol–water partition coefficient (Wildman–Crippen LogP) is 3.40. The fraction of sp³-hybridized carbons (Fsp3) is 0.467. The summed E-state index contributed by atoms with van der Waals surface area (Å²) in [5.41, 5.74) is 1.28. The summed E-state index contributed by atoms with van der Waals surface area (Å²) in [6.45, 7) is 7.67. The van der Waals surface area contributed by atoms with E-state index in [0.717, 1.165) is 24.3 Å². The zero-order valence-corrected chi connectivity index (χ0v) is 12.1. The molecule has 0 radical (unpaired) electrons. The molecule has 0 heterocycles. The van der Waals surface area contributed by atoms with Crippen LogP contribution >= 0.6 is 12.4 Å². The first kappa shape index (κ1) is 16.8. The first-order chi connectivity index (χ1) is 8.09. The minimum Gasteiger partial charge on any atom is -0.481 e. The Bertz CT molecular complexity index is 396. The van der Waals surface area contributed by atoms with Crippen LogP contribution in [0.1, 0.15) is 32.8 Å². The minimum absolute atomic E-state index is 0. The highest BCUT2D eigenvalue weighted by Gasteiger charge is 2.14. The van der Waals surface area contributed by atoms with Crippen LogP contribution in [-0.2, 0) is 6.54 Å². The Labute approximate surface area is 117 Å². The minimum atomic E-state index is 0. The normalized spacial score (nSPS) is 10.3. The maximum Gasteiger partial charge on any atom is 0.148 e. The molecule has 1 rings (SSSR count). The summed E-state index contributed by atoms with van der Waals surface area (Å²) in [7, 11) is 0. The summed E-state index contributed by atoms with van der Waals surface area (Å²) in [5.74, 6) is 3.35. The van der Waals surface area contributed by atoms with Gasteiger partial charge in [-0.3, -0.25) is 0 Å². The van der Waals surface area contributed by atoms with Gasteiger partial charge in [0.25, 0.3) is 0 Å². The van der Waals surface area contributed by atoms with Crippen LogP contribution < -0.4 is 10.1 Å². The number of ether oxygens (including phenoxy) is 1. The van der Waals surface area contributed by atoms with Crippen molar-refractivity contribution in [2.24, 2.45) is 0 Å². The van der Waals surface area contributed by atoms with Gasteiger partial charge in [-0.25, -0.2) is 0 Å². The lowest BCUT2D eigenvalue weighted by molar-refractivity contribution is 0.349. The molecule has 0 aliphatic carbocycles. The number of hydrogen-bond acceptors (Lipinski definition) is 2. The molecule has 1 aromatic rings. The Morgan fingerprint density at radius 1 is 1.33 bits per heavy atom. The fourth-order valence-electron chi connectivity index (χ4n) is 1.37. The molecule has 0 saturated heterocycles. The average molecular weight is 268 g/mol. The topological polar surface area (TPSA) is 21.3 Å². The molecule has 1 N–H and O–H groups in total. The largest absolute Gasteiger partial charge is 0.481 e. The van der Waals surface area contributed by atoms with E-state index in [-0.39, 0.29) is 17.9 Å². The van der Waals surface area contributed by atoms with Crippen molar-refractivity contribution in [2.45, 2.75) is 39.3 Å². The highest BCUT2D eigenvalue weighted by Crippen LogP contribution is 2.19. The summed E-state index contributed by atoms with van der Waals surface area (Å²) in [6, 6.07) is 7.98. The van der Waals surface area contributed by atoms with Gasteiger partial charge in [-0.15, -0.1) is 18.8 Å². The molecule has 0 atom stereocenters. The maximum atomic E-state index is 5.51. The lowest BCUT2D eigenvalue weighted by Crippen LogP contribution is -2.37. The molecule has 0 saturated carbocycles. The van der Waals surface area contributed by atoms with Crippen LogP contribution in [0.3, 0.4) is 0 Å². The number of halogens is 1. The molecule has 0 spiro atoms. The Morgan fingerprint density at radius 2 is 2.00 bits per heavy atom. The maximum absolute atomic E-state index is 5.51. The smallest absolute Gasteiger partial charge is 0.148 e. The van der Waals surface area contributed by atoms with Gasteiger partial charge >= 0.3 is 0 Å². The molecular formula is C15H22ClNO. The second kappa shape index (κ2) is 8.02. The summed E-state index contributed by atoms with van der Waals surface area (Å²) >= 11 is 0. The van der Waals surface area contributed by atoms with E-state index in [0.29, 0.717) is 6.61 Å². The molecule has 0 aliphatic heterocycles. The number of terminal acetylenes is 1. The van der Waals surface area contributed by atoms with Crippen molar-refractivity contribution in [3.05, 3.63) is 29.8 Å². The Morgan fingerprint density at radius 3 is 2.61 bits per heavy atom. The van der Waals surface area contributed by atoms with Crippen molar-refractivity contribution < 1.29 is 4.74 Å². The first-order valence-electron chi connectivity index (χ1n) is 5.98. The van der Waals surface area contributed by atoms with E-state index in [9.17, 15) is 0 Å². The van der Waals surface area contributed by atoms with E-state index >= 15 is 0 Å². The van der Waals surface area contributed by atoms with Crippen molar-refractivity contribution in [2.75, 3.05) is 6.61 Å². The van der Waals surface area contributed by atoms with Gasteiger partial charge in [-0.05, 0) is 26.3 Å². The monoisotopic (exact) mass is 267 g/mol. The number of para-hydroxylation sites is 1. The molecule has 100 valence electrons. The van der Waals surface area contributed by atoms with Gasteiger partial charge in [0.05, 0.1) is 0 Å². The molecule has 0 amide bonds. The second-order valence-corrected chi connectivity index (χ2v) is 4.69. The van der Waals surface area contributed by atoms with Crippen LogP contribution in [0.5, 0.6) is 5.75 Å². The van der Waals surface area contributed by atoms with E-state index in [2.05, 4.69) is 38.1 Å². The van der Waals surface area contributed by atoms with Crippen LogP contribution in [0.15, 0.2) is 24.3 Å². The third-order valence-electron chi connectivity index (χ3n) is 2.92. The van der Waals surface area contributed by atoms with Crippen molar-refractivity contribution in [3.8, 4) is 18.1 Å². The zero-order valence-electron chi connectivity index (χ0n) is 11.3. The molecule has 18 heavy (non-hydrogen) atoms. The third-order valence-corrected chi connectivity index (χ3v) is 2.92. The Balaban J connectivity index is 0.00000289. The fourth-order valence-corrected chi connectivity index (χ4v) is 1.37. The summed E-state index contributed by atoms with van der Waals surface area (Å²) in [6.07, 6.45) is 6.28. The highest BCUT2D eigenvalue weighted by atomic mass is 35.5. The van der Waals surface area contributed by atoms with E-state index < -0.39 is 0 Å². The van der Waals surface area contributed by atoms with E-state index in [1.807, 2.05) is 18.2 Å². The SMILES string of the molecule is C#CCOc1ccccc1CNC(C)(C)CC.Cl. The number of nitrogens with one attached hydrogen (secondary N) is 1. The van der Waals surface area contributed by atoms with Crippen molar-refractivity contribution >= 4 is 12.4 Å². The predicted molar refractivity (Wildman–Crippen MR) is 79.2 cm³/mol. The van der Waals surface area contributed by atoms with E-state index in [1.54, 1.807) is 0 Å². The first-order valence-corrected chi connectivity index (χ1v) is 5.98. The highest BCUT2D eigenvalue weighted by molar-refractivity contribution is 5.85. The average Bonchev–Trinajstić information content (AvgIpc) is 2.35. The van der Waals surface area contributed by atoms with Crippen LogP contribution in [0, 0.1) is 12.3 Å². The van der Waals surface area contributed by atoms with Gasteiger partial charge in [0.1, 0.15) is 12.4 Å². The van der Waals surface area contributed by atoms with Crippen LogP contribution in [0.2, 0.25) is 0 Å². The summed E-state index contributed by atoms with van der Waals surface area (Å²) in [4.78, 5) is 0. The molecule has 0 unspecified atom stereocenters.